The summed E-state index contributed by atoms with van der Waals surface area (Å²) in [4.78, 5) is 35.4. The highest BCUT2D eigenvalue weighted by atomic mass is 32.1. The molecule has 0 radical (unpaired) electrons. The van der Waals surface area contributed by atoms with E-state index >= 15 is 0 Å². The fourth-order valence-electron chi connectivity index (χ4n) is 1.35. The van der Waals surface area contributed by atoms with Gasteiger partial charge in [-0.05, 0) is 19.1 Å². The average molecular weight is 325 g/mol. The third kappa shape index (κ3) is 4.78. The van der Waals surface area contributed by atoms with Crippen molar-refractivity contribution in [3.63, 3.8) is 0 Å². The quantitative estimate of drug-likeness (QED) is 0.415. The fourth-order valence-corrected chi connectivity index (χ4v) is 4.59. The lowest BCUT2D eigenvalue weighted by Crippen LogP contribution is -2.26. The van der Waals surface area contributed by atoms with Crippen LogP contribution in [-0.2, 0) is 9.13 Å². The summed E-state index contributed by atoms with van der Waals surface area (Å²) in [6.45, 7) is 1.84. The Morgan fingerprint density at radius 1 is 1.11 bits per heavy atom. The predicted molar refractivity (Wildman–Crippen MR) is 75.3 cm³/mol. The van der Waals surface area contributed by atoms with Gasteiger partial charge in [0.15, 0.2) is 0 Å². The molecule has 1 aromatic carbocycles. The minimum Gasteiger partial charge on any atom is -0.349 e. The highest BCUT2D eigenvalue weighted by molar-refractivity contribution is 7.85. The van der Waals surface area contributed by atoms with Crippen LogP contribution in [0.2, 0.25) is 0 Å². The number of hydrogen-bond donors (Lipinski definition) is 5. The summed E-state index contributed by atoms with van der Waals surface area (Å²) in [6, 6.07) is 6.60. The molecule has 0 saturated carbocycles. The van der Waals surface area contributed by atoms with Gasteiger partial charge in [-0.15, -0.1) is 0 Å². The summed E-state index contributed by atoms with van der Waals surface area (Å²) >= 11 is 4.69. The average Bonchev–Trinajstić information content (AvgIpc) is 2.16. The first-order valence-electron chi connectivity index (χ1n) is 5.00. The summed E-state index contributed by atoms with van der Waals surface area (Å²) in [7, 11) is -10.1. The number of benzene rings is 1. The summed E-state index contributed by atoms with van der Waals surface area (Å²) in [5.74, 6) is 0. The first kappa shape index (κ1) is 16.5. The smallest absolute Gasteiger partial charge is 0.347 e. The zero-order valence-corrected chi connectivity index (χ0v) is 12.4. The largest absolute Gasteiger partial charge is 0.349 e. The van der Waals surface area contributed by atoms with Crippen molar-refractivity contribution >= 4 is 38.1 Å². The maximum absolute atomic E-state index is 11.1. The molecule has 7 nitrogen and oxygen atoms in total. The maximum atomic E-state index is 11.1. The van der Waals surface area contributed by atoms with Crippen LogP contribution in [-0.4, -0.2) is 30.0 Å². The van der Waals surface area contributed by atoms with Crippen molar-refractivity contribution in [1.29, 1.82) is 0 Å². The molecule has 0 atom stereocenters. The van der Waals surface area contributed by atoms with Gasteiger partial charge in [0.2, 0.25) is 5.40 Å². The lowest BCUT2D eigenvalue weighted by molar-refractivity contribution is 0.350. The Bertz CT molecular complexity index is 541. The zero-order valence-electron chi connectivity index (χ0n) is 9.79. The molecule has 0 bridgehead atoms. The highest BCUT2D eigenvalue weighted by Gasteiger charge is 2.46. The van der Waals surface area contributed by atoms with E-state index in [0.29, 0.717) is 5.69 Å². The van der Waals surface area contributed by atoms with Gasteiger partial charge >= 0.3 is 15.2 Å². The molecule has 19 heavy (non-hydrogen) atoms. The van der Waals surface area contributed by atoms with Gasteiger partial charge < -0.3 is 24.9 Å². The summed E-state index contributed by atoms with van der Waals surface area (Å²) in [5, 5.41) is 0.0925. The highest BCUT2D eigenvalue weighted by Crippen LogP contribution is 2.60. The van der Waals surface area contributed by atoms with Gasteiger partial charge in [-0.25, -0.2) is 0 Å². The van der Waals surface area contributed by atoms with E-state index in [1.54, 1.807) is 24.3 Å². The zero-order chi connectivity index (χ0) is 14.8. The molecule has 0 aliphatic carbocycles. The van der Waals surface area contributed by atoms with Gasteiger partial charge in [-0.2, -0.15) is 0 Å². The van der Waals surface area contributed by atoms with Gasteiger partial charge in [0.1, 0.15) is 4.99 Å². The third-order valence-electron chi connectivity index (χ3n) is 2.19. The number of thiocarbonyl (C=S) groups is 1. The van der Waals surface area contributed by atoms with Crippen molar-refractivity contribution in [2.24, 2.45) is 0 Å². The van der Waals surface area contributed by atoms with Crippen LogP contribution in [0.5, 0.6) is 0 Å². The molecule has 0 unspecified atom stereocenters. The van der Waals surface area contributed by atoms with Crippen molar-refractivity contribution in [2.45, 2.75) is 12.3 Å². The van der Waals surface area contributed by atoms with Crippen LogP contribution in [0.15, 0.2) is 24.3 Å². The van der Waals surface area contributed by atoms with Crippen LogP contribution in [0.1, 0.15) is 5.56 Å². The molecule has 5 N–H and O–H groups in total. The van der Waals surface area contributed by atoms with Crippen LogP contribution >= 0.6 is 27.4 Å². The molecule has 1 aromatic rings. The van der Waals surface area contributed by atoms with E-state index in [2.05, 4.69) is 5.32 Å². The molecule has 0 spiro atoms. The second kappa shape index (κ2) is 5.81. The number of aryl methyl sites for hydroxylation is 1. The molecule has 0 heterocycles. The molecule has 10 heteroatoms. The normalized spacial score (nSPS) is 12.5. The van der Waals surface area contributed by atoms with E-state index in [4.69, 9.17) is 31.8 Å². The lowest BCUT2D eigenvalue weighted by Gasteiger charge is -2.21. The Balaban J connectivity index is 3.00. The van der Waals surface area contributed by atoms with E-state index < -0.39 is 25.6 Å². The molecular formula is C9H13NO6P2S. The molecule has 0 saturated heterocycles. The second-order valence-electron chi connectivity index (χ2n) is 3.91. The number of nitrogens with one attached hydrogen (secondary N) is 1. The number of hydrogen-bond acceptors (Lipinski definition) is 3. The third-order valence-corrected chi connectivity index (χ3v) is 6.47. The van der Waals surface area contributed by atoms with Gasteiger partial charge in [0.25, 0.3) is 0 Å². The maximum Gasteiger partial charge on any atom is 0.347 e. The van der Waals surface area contributed by atoms with Crippen molar-refractivity contribution in [2.75, 3.05) is 5.32 Å². The Kier molecular flexibility index (Phi) is 5.03. The van der Waals surface area contributed by atoms with Crippen LogP contribution in [0.25, 0.3) is 0 Å². The van der Waals surface area contributed by atoms with E-state index in [1.807, 2.05) is 6.92 Å². The second-order valence-corrected chi connectivity index (χ2v) is 8.14. The monoisotopic (exact) mass is 325 g/mol. The van der Waals surface area contributed by atoms with Crippen molar-refractivity contribution in [3.05, 3.63) is 29.8 Å². The van der Waals surface area contributed by atoms with Crippen molar-refractivity contribution in [3.8, 4) is 0 Å². The molecule has 0 aliphatic rings. The van der Waals surface area contributed by atoms with E-state index in [-0.39, 0.29) is 0 Å². The topological polar surface area (TPSA) is 127 Å². The molecule has 106 valence electrons. The standard InChI is InChI=1S/C9H13NO6P2S/c1-6-2-4-7(5-3-6)10-8(19)9(17(11,12)13)18(14,15)16/h2-5,9H,1H3,(H,10,19)(H2,11,12,13)(H2,14,15,16). The minimum absolute atomic E-state index is 0.391. The van der Waals surface area contributed by atoms with Crippen molar-refractivity contribution < 1.29 is 28.7 Å². The van der Waals surface area contributed by atoms with Gasteiger partial charge in [0, 0.05) is 5.69 Å². The van der Waals surface area contributed by atoms with E-state index in [0.717, 1.165) is 5.56 Å². The van der Waals surface area contributed by atoms with E-state index in [9.17, 15) is 9.13 Å². The lowest BCUT2D eigenvalue weighted by atomic mass is 10.2. The van der Waals surface area contributed by atoms with Crippen molar-refractivity contribution in [1.82, 2.24) is 0 Å². The van der Waals surface area contributed by atoms with Crippen LogP contribution in [0.3, 0.4) is 0 Å². The first-order valence-corrected chi connectivity index (χ1v) is 8.77. The Morgan fingerprint density at radius 2 is 1.53 bits per heavy atom. The van der Waals surface area contributed by atoms with Crippen LogP contribution in [0.4, 0.5) is 5.69 Å². The summed E-state index contributed by atoms with van der Waals surface area (Å²) in [5.41, 5.74) is 1.35. The molecule has 0 amide bonds. The predicted octanol–water partition coefficient (Wildman–Crippen LogP) is 1.42. The molecule has 1 rings (SSSR count). The Hall–Kier alpha value is -0.590. The van der Waals surface area contributed by atoms with Crippen LogP contribution in [0, 0.1) is 6.92 Å². The Labute approximate surface area is 115 Å². The number of anilines is 1. The van der Waals surface area contributed by atoms with Gasteiger partial charge in [-0.1, -0.05) is 29.9 Å². The van der Waals surface area contributed by atoms with Gasteiger partial charge in [-0.3, -0.25) is 9.13 Å². The SMILES string of the molecule is Cc1ccc(NC(=S)C(P(=O)(O)O)P(=O)(O)O)cc1. The molecular weight excluding hydrogens is 312 g/mol. The fraction of sp³-hybridized carbons (Fsp3) is 0.222. The van der Waals surface area contributed by atoms with Gasteiger partial charge in [0.05, 0.1) is 0 Å². The minimum atomic E-state index is -5.07. The molecule has 0 aliphatic heterocycles. The molecule has 0 fully saturated rings. The summed E-state index contributed by atoms with van der Waals surface area (Å²) in [6.07, 6.45) is 0. The molecule has 0 aromatic heterocycles. The van der Waals surface area contributed by atoms with E-state index in [1.165, 1.54) is 0 Å². The number of rotatable bonds is 4. The summed E-state index contributed by atoms with van der Waals surface area (Å²) < 4.78 is 22.3. The first-order chi connectivity index (χ1) is 8.51. The Morgan fingerprint density at radius 3 is 1.89 bits per heavy atom. The van der Waals surface area contributed by atoms with Crippen LogP contribution < -0.4 is 5.32 Å².